The van der Waals surface area contributed by atoms with Gasteiger partial charge in [0.05, 0.1) is 74.2 Å². The molecule has 0 radical (unpaired) electrons. The van der Waals surface area contributed by atoms with Crippen LogP contribution in [0.3, 0.4) is 0 Å². The van der Waals surface area contributed by atoms with Gasteiger partial charge in [0.15, 0.2) is 18.3 Å². The number of primary amides is 1. The Labute approximate surface area is 695 Å². The van der Waals surface area contributed by atoms with Gasteiger partial charge in [0, 0.05) is 84.2 Å². The van der Waals surface area contributed by atoms with Gasteiger partial charge in [0.1, 0.15) is 132 Å². The van der Waals surface area contributed by atoms with E-state index in [9.17, 15) is 49.5 Å². The quantitative estimate of drug-likeness (QED) is 0.0336. The molecule has 5 aliphatic rings. The second-order valence-corrected chi connectivity index (χ2v) is 33.2. The van der Waals surface area contributed by atoms with Gasteiger partial charge in [-0.25, -0.2) is 29.9 Å². The Morgan fingerprint density at radius 1 is 0.729 bits per heavy atom. The SMILES string of the molecule is C=C(NC(=O)c1csc(-c2nc3c(cc2O)-c2nc(cs2)C(=O)N[C@@H]([C@@H](C)O)C(=O)N/C(=C(\C)OC)c2nc(cs2)C(=O)N[C@@H]2c4nc(c(O[C@H]5O[C@H](C)[C@@H](O[C@@H]6CC[C@@H](O[C@H]7O[C@H](C)[C@@H](O)[C@H](OC)[C@@H]7O)[C@H](C)O6)[C@H](OC)[C@@H]5OC)s4)C(=O)N[C@@H](CSC(=O)c4[nH]c5cccc(c5c4COC)COC(=O)C[C@@H]2O)c2nc-3cs2)n1)C(N)=O. The molecular formula is C74H83N13O25S6. The highest BCUT2D eigenvalue weighted by Crippen LogP contribution is 2.44. The first-order chi connectivity index (χ1) is 56.5. The Morgan fingerprint density at radius 3 is 2.14 bits per heavy atom. The number of nitrogens with one attached hydrogen (secondary N) is 6. The van der Waals surface area contributed by atoms with Crippen LogP contribution in [0.5, 0.6) is 10.8 Å². The molecule has 0 aliphatic carbocycles. The molecule has 18 atom stereocenters. The highest BCUT2D eigenvalue weighted by molar-refractivity contribution is 8.14. The number of thioether (sulfide) groups is 1. The lowest BCUT2D eigenvalue weighted by molar-refractivity contribution is -0.342. The maximum Gasteiger partial charge on any atom is 0.308 e. The number of aromatic hydroxyl groups is 1. The fraction of sp³-hybridized carbons (Fsp3) is 0.459. The average molecular weight is 1750 g/mol. The van der Waals surface area contributed by atoms with E-state index in [0.717, 1.165) is 57.1 Å². The van der Waals surface area contributed by atoms with Crippen molar-refractivity contribution in [1.82, 2.24) is 61.5 Å². The van der Waals surface area contributed by atoms with Gasteiger partial charge in [-0.3, -0.25) is 38.4 Å². The molecule has 12 bridgehead atoms. The van der Waals surface area contributed by atoms with Crippen LogP contribution in [-0.4, -0.2) is 246 Å². The lowest BCUT2D eigenvalue weighted by Crippen LogP contribution is -2.61. The zero-order chi connectivity index (χ0) is 84.4. The van der Waals surface area contributed by atoms with Crippen LogP contribution < -0.4 is 37.1 Å². The number of thiazole rings is 5. The summed E-state index contributed by atoms with van der Waals surface area (Å²) in [5, 5.41) is 75.7. The topological polar surface area (TPSA) is 528 Å². The number of aliphatic hydroxyl groups is 4. The number of ether oxygens (including phenoxy) is 12. The van der Waals surface area contributed by atoms with Crippen molar-refractivity contribution in [2.75, 3.05) is 41.3 Å². The number of benzene rings is 1. The summed E-state index contributed by atoms with van der Waals surface area (Å²) in [5.41, 5.74) is 4.62. The zero-order valence-electron chi connectivity index (χ0n) is 64.6. The van der Waals surface area contributed by atoms with E-state index in [-0.39, 0.29) is 106 Å². The van der Waals surface area contributed by atoms with E-state index in [1.807, 2.05) is 0 Å². The molecule has 1 aromatic carbocycles. The number of nitrogens with two attached hydrogens (primary N) is 1. The number of aromatic nitrogens is 7. The third-order valence-electron chi connectivity index (χ3n) is 19.9. The van der Waals surface area contributed by atoms with Crippen LogP contribution in [0.4, 0.5) is 0 Å². The Balaban J connectivity index is 0.930. The van der Waals surface area contributed by atoms with Crippen LogP contribution in [0.1, 0.15) is 145 Å². The summed E-state index contributed by atoms with van der Waals surface area (Å²) in [6, 6.07) is 1.52. The lowest BCUT2D eigenvalue weighted by atomic mass is 9.98. The number of fused-ring (bicyclic) bond motifs is 13. The van der Waals surface area contributed by atoms with E-state index < -0.39 is 187 Å². The molecule has 630 valence electrons. The van der Waals surface area contributed by atoms with Crippen molar-refractivity contribution in [2.24, 2.45) is 5.73 Å². The number of nitrogens with zero attached hydrogens (tertiary/aromatic N) is 6. The standard InChI is InChI=1S/C74H83N13O25S6/c1-26(60(75)94)76-61(95)37-23-116-69(82-37)51-41(89)17-33-49(83-51)36-21-114-67(79-36)40-25-117-71(100)50-34(20-101-7)46-32(13-12-14-35(46)77-50)19-106-44(91)18-42(90)52(86-63(97)39-24-115-68(81-39)48(29(4)102-8)85-64(98)47(27(2)88)84-62(96)38-22-113-66(33)80-38)70-87-53(65(99)78-40)74(118-70)112-73-59(105-11)58(104-10)56(31(6)109-73)111-45-16-15-43(28(3)107-45)110-72-55(93)57(103-9)54(92)30(5)108-72/h12-14,17,21-24,27-28,30-31,40,42-43,45,47,52,54-59,72-73,77,88-90,92-93H,1,15-16,18-20,25H2,2-11H3,(H2,75,94)(H,76,95)(H,78,99)(H,84,96)(H,85,98)(H,86,97)/b48-29+/t27-,28+,30-,31-,40+,42+,43-,45-,47+,52+,54-,55+,56-,57+,58+,59+,72-,73-/m1/s1. The molecule has 8 aromatic rings. The molecule has 0 spiro atoms. The minimum atomic E-state index is -1.96. The van der Waals surface area contributed by atoms with Crippen molar-refractivity contribution in [2.45, 2.75) is 177 Å². The minimum Gasteiger partial charge on any atom is -0.506 e. The number of aliphatic hydroxyl groups excluding tert-OH is 4. The van der Waals surface area contributed by atoms with Crippen molar-refractivity contribution in [1.29, 1.82) is 0 Å². The number of carbonyl (C=O) groups excluding carboxylic acids is 8. The summed E-state index contributed by atoms with van der Waals surface area (Å²) >= 11 is 4.99. The minimum absolute atomic E-state index is 0.0286. The number of pyridine rings is 1. The van der Waals surface area contributed by atoms with Crippen molar-refractivity contribution in [3.8, 4) is 43.5 Å². The molecule has 118 heavy (non-hydrogen) atoms. The third-order valence-corrected chi connectivity index (χ3v) is 25.4. The van der Waals surface area contributed by atoms with E-state index in [1.165, 1.54) is 71.6 Å². The van der Waals surface area contributed by atoms with Gasteiger partial charge in [-0.05, 0) is 58.7 Å². The van der Waals surface area contributed by atoms with Gasteiger partial charge in [0.25, 0.3) is 29.5 Å². The number of esters is 1. The average Bonchev–Trinajstić information content (AvgIpc) is 1.53. The molecule has 3 saturated heterocycles. The van der Waals surface area contributed by atoms with Crippen LogP contribution >= 0.6 is 68.4 Å². The van der Waals surface area contributed by atoms with E-state index in [0.29, 0.717) is 39.8 Å². The van der Waals surface area contributed by atoms with Crippen molar-refractivity contribution in [3.05, 3.63) is 118 Å². The van der Waals surface area contributed by atoms with Crippen molar-refractivity contribution in [3.63, 3.8) is 0 Å². The molecule has 3 fully saturated rings. The third kappa shape index (κ3) is 18.4. The molecular weight excluding hydrogens is 1660 g/mol. The molecule has 0 unspecified atom stereocenters. The first-order valence-electron chi connectivity index (χ1n) is 36.5. The van der Waals surface area contributed by atoms with E-state index >= 15 is 14.4 Å². The monoisotopic (exact) mass is 1750 g/mol. The lowest BCUT2D eigenvalue weighted by Gasteiger charge is -2.46. The summed E-state index contributed by atoms with van der Waals surface area (Å²) in [4.78, 5) is 146. The fourth-order valence-corrected chi connectivity index (χ4v) is 19.0. The van der Waals surface area contributed by atoms with Gasteiger partial charge in [0.2, 0.25) is 22.4 Å². The van der Waals surface area contributed by atoms with Gasteiger partial charge in [-0.15, -0.1) is 45.3 Å². The molecule has 12 heterocycles. The second-order valence-electron chi connectivity index (χ2n) is 27.7. The normalized spacial score (nSPS) is 27.6. The summed E-state index contributed by atoms with van der Waals surface area (Å²) in [7, 11) is 6.85. The predicted octanol–water partition coefficient (Wildman–Crippen LogP) is 4.63. The van der Waals surface area contributed by atoms with Gasteiger partial charge < -0.3 is 120 Å². The van der Waals surface area contributed by atoms with Crippen LogP contribution in [0.25, 0.3) is 49.3 Å². The number of aromatic amines is 1. The molecule has 13 rings (SSSR count). The number of allylic oxidation sites excluding steroid dienone is 1. The molecule has 6 amide bonds. The van der Waals surface area contributed by atoms with E-state index in [2.05, 4.69) is 53.1 Å². The maximum absolute atomic E-state index is 16.0. The Bertz CT molecular complexity index is 5160. The van der Waals surface area contributed by atoms with Crippen LogP contribution in [0, 0.1) is 0 Å². The number of rotatable bonds is 17. The number of hydrogen-bond donors (Lipinski definition) is 12. The molecule has 7 aromatic heterocycles. The van der Waals surface area contributed by atoms with Crippen LogP contribution in [0.15, 0.2) is 63.8 Å². The van der Waals surface area contributed by atoms with Crippen LogP contribution in [0.2, 0.25) is 0 Å². The molecule has 13 N–H and O–H groups in total. The van der Waals surface area contributed by atoms with Gasteiger partial charge in [-0.1, -0.05) is 41.8 Å². The molecule has 44 heteroatoms. The number of hydrogen-bond acceptors (Lipinski definition) is 37. The number of carbonyl (C=O) groups is 8. The van der Waals surface area contributed by atoms with Gasteiger partial charge in [-0.2, -0.15) is 0 Å². The Kier molecular flexibility index (Phi) is 27.3. The fourth-order valence-electron chi connectivity index (χ4n) is 13.7. The first-order valence-corrected chi connectivity index (χ1v) is 41.9. The largest absolute Gasteiger partial charge is 0.506 e. The van der Waals surface area contributed by atoms with Crippen LogP contribution in [-0.2, 0) is 79.7 Å². The predicted molar refractivity (Wildman–Crippen MR) is 424 cm³/mol. The molecule has 38 nitrogen and oxygen atoms in total. The molecule has 5 aliphatic heterocycles. The van der Waals surface area contributed by atoms with E-state index in [4.69, 9.17) is 77.5 Å². The summed E-state index contributed by atoms with van der Waals surface area (Å²) in [5.74, 6) is -7.64. The number of cyclic esters (lactones) is 1. The highest BCUT2D eigenvalue weighted by atomic mass is 32.2. The zero-order valence-corrected chi connectivity index (χ0v) is 69.5. The smallest absolute Gasteiger partial charge is 0.308 e. The Hall–Kier alpha value is -9.27. The number of H-pyrrole nitrogens is 1. The number of methoxy groups -OCH3 is 5. The maximum atomic E-state index is 16.0. The van der Waals surface area contributed by atoms with Crippen molar-refractivity contribution >= 4 is 132 Å². The summed E-state index contributed by atoms with van der Waals surface area (Å²) in [6.07, 6.45) is -16.9. The highest BCUT2D eigenvalue weighted by Gasteiger charge is 2.51. The van der Waals surface area contributed by atoms with Gasteiger partial charge >= 0.3 is 5.97 Å². The van der Waals surface area contributed by atoms with Crippen molar-refractivity contribution < 1.29 is 121 Å². The summed E-state index contributed by atoms with van der Waals surface area (Å²) < 4.78 is 73.5. The number of amides is 6. The second kappa shape index (κ2) is 37.2. The first kappa shape index (κ1) is 86.6. The molecule has 0 saturated carbocycles. The van der Waals surface area contributed by atoms with E-state index in [1.54, 1.807) is 44.4 Å². The summed E-state index contributed by atoms with van der Waals surface area (Å²) in [6.45, 7) is 10.7. The Morgan fingerprint density at radius 2 is 1.43 bits per heavy atom.